The number of hydrogen-bond donors (Lipinski definition) is 1. The standard InChI is InChI=1S/C28H20Cl3F2N7O5S/c1-44-23-15(9-34)16-12-39(11-14(16)7-18(23)40-5-2-6-45-27(40)43)26(42)21-19(8-20(28(31,32)33)37-25(21)41)46-24-17(29)4-3-13(22(24)30)10-36-38-35/h3-4,7-8H,2,5-6,10-12H2,1H3,(H,37,41). The number of cyclic esters (lactones) is 1. The molecule has 3 aromatic rings. The highest BCUT2D eigenvalue weighted by Gasteiger charge is 2.37. The van der Waals surface area contributed by atoms with Gasteiger partial charge in [-0.15, -0.1) is 0 Å². The molecule has 2 aliphatic rings. The van der Waals surface area contributed by atoms with Crippen LogP contribution in [0, 0.1) is 11.3 Å². The van der Waals surface area contributed by atoms with E-state index in [1.807, 2.05) is 4.98 Å². The minimum atomic E-state index is -4.00. The zero-order chi connectivity index (χ0) is 33.3. The molecule has 0 aliphatic carbocycles. The first kappa shape index (κ1) is 33.2. The number of azide groups is 1. The van der Waals surface area contributed by atoms with Crippen molar-refractivity contribution in [2.75, 3.05) is 25.2 Å². The van der Waals surface area contributed by atoms with Crippen molar-refractivity contribution in [3.8, 4) is 11.8 Å². The summed E-state index contributed by atoms with van der Waals surface area (Å²) in [5.41, 5.74) is 7.71. The van der Waals surface area contributed by atoms with Crippen LogP contribution in [0.5, 0.6) is 5.75 Å². The lowest BCUT2D eigenvalue weighted by molar-refractivity contribution is 0.0740. The van der Waals surface area contributed by atoms with Crippen LogP contribution in [0.2, 0.25) is 10.0 Å². The van der Waals surface area contributed by atoms with Gasteiger partial charge in [-0.25, -0.2) is 4.79 Å². The molecule has 18 heteroatoms. The van der Waals surface area contributed by atoms with Gasteiger partial charge in [-0.3, -0.25) is 14.5 Å². The van der Waals surface area contributed by atoms with Gasteiger partial charge >= 0.3 is 11.5 Å². The number of alkyl halides is 3. The Bertz CT molecular complexity index is 1930. The van der Waals surface area contributed by atoms with Crippen LogP contribution in [0.25, 0.3) is 10.4 Å². The molecule has 2 aromatic carbocycles. The summed E-state index contributed by atoms with van der Waals surface area (Å²) >= 11 is 18.8. The number of rotatable bonds is 8. The topological polar surface area (TPSA) is 164 Å². The summed E-state index contributed by atoms with van der Waals surface area (Å²) in [6.07, 6.45) is -0.0776. The van der Waals surface area contributed by atoms with E-state index in [2.05, 4.69) is 16.1 Å². The molecule has 0 atom stereocenters. The molecule has 2 aliphatic heterocycles. The number of aromatic amines is 1. The summed E-state index contributed by atoms with van der Waals surface area (Å²) in [4.78, 5) is 47.0. The zero-order valence-corrected chi connectivity index (χ0v) is 26.7. The van der Waals surface area contributed by atoms with Crippen LogP contribution in [-0.2, 0) is 29.8 Å². The zero-order valence-electron chi connectivity index (χ0n) is 23.6. The summed E-state index contributed by atoms with van der Waals surface area (Å²) in [5, 5.41) is 9.64. The number of amides is 2. The van der Waals surface area contributed by atoms with Crippen molar-refractivity contribution >= 4 is 64.3 Å². The predicted octanol–water partition coefficient (Wildman–Crippen LogP) is 7.31. The maximum Gasteiger partial charge on any atom is 0.414 e. The number of fused-ring (bicyclic) bond motifs is 1. The van der Waals surface area contributed by atoms with E-state index in [1.165, 1.54) is 29.0 Å². The molecule has 0 radical (unpaired) electrons. The Kier molecular flexibility index (Phi) is 9.57. The molecule has 2 amide bonds. The molecule has 0 bridgehead atoms. The molecule has 0 saturated carbocycles. The van der Waals surface area contributed by atoms with Crippen molar-refractivity contribution in [1.82, 2.24) is 9.88 Å². The van der Waals surface area contributed by atoms with Gasteiger partial charge in [0.15, 0.2) is 5.75 Å². The monoisotopic (exact) mass is 709 g/mol. The van der Waals surface area contributed by atoms with Gasteiger partial charge in [0, 0.05) is 34.3 Å². The number of anilines is 1. The quantitative estimate of drug-likeness (QED) is 0.111. The predicted molar refractivity (Wildman–Crippen MR) is 165 cm³/mol. The molecule has 1 aromatic heterocycles. The Morgan fingerprint density at radius 3 is 2.72 bits per heavy atom. The van der Waals surface area contributed by atoms with Crippen LogP contribution < -0.4 is 15.2 Å². The highest BCUT2D eigenvalue weighted by molar-refractivity contribution is 7.99. The Morgan fingerprint density at radius 2 is 2.07 bits per heavy atom. The Balaban J connectivity index is 1.58. The summed E-state index contributed by atoms with van der Waals surface area (Å²) in [6.45, 7) is 0.166. The smallest absolute Gasteiger partial charge is 0.414 e. The molecule has 0 spiro atoms. The summed E-state index contributed by atoms with van der Waals surface area (Å²) in [7, 11) is 1.34. The van der Waals surface area contributed by atoms with Crippen LogP contribution in [0.4, 0.5) is 19.3 Å². The van der Waals surface area contributed by atoms with E-state index in [9.17, 15) is 28.4 Å². The van der Waals surface area contributed by atoms with Crippen molar-refractivity contribution in [2.24, 2.45) is 5.11 Å². The third-order valence-electron chi connectivity index (χ3n) is 7.20. The molecular formula is C28H20Cl3F2N7O5S. The van der Waals surface area contributed by atoms with E-state index in [0.29, 0.717) is 41.4 Å². The van der Waals surface area contributed by atoms with Crippen LogP contribution in [0.1, 0.15) is 44.7 Å². The summed E-state index contributed by atoms with van der Waals surface area (Å²) in [6, 6.07) is 7.49. The van der Waals surface area contributed by atoms with Gasteiger partial charge in [0.05, 0.1) is 36.0 Å². The van der Waals surface area contributed by atoms with Crippen LogP contribution in [-0.4, -0.2) is 42.1 Å². The number of ether oxygens (including phenoxy) is 2. The first-order chi connectivity index (χ1) is 21.9. The highest BCUT2D eigenvalue weighted by atomic mass is 35.5. The Labute approximate surface area is 278 Å². The van der Waals surface area contributed by atoms with Crippen LogP contribution >= 0.6 is 46.6 Å². The van der Waals surface area contributed by atoms with Crippen molar-refractivity contribution in [3.05, 3.63) is 88.6 Å². The third-order valence-corrected chi connectivity index (χ3v) is 9.54. The van der Waals surface area contributed by atoms with Crippen molar-refractivity contribution in [1.29, 1.82) is 5.26 Å². The van der Waals surface area contributed by atoms with Crippen LogP contribution in [0.3, 0.4) is 0 Å². The lowest BCUT2D eigenvalue weighted by Crippen LogP contribution is -2.38. The summed E-state index contributed by atoms with van der Waals surface area (Å²) in [5.74, 6) is -0.745. The van der Waals surface area contributed by atoms with Crippen molar-refractivity contribution in [2.45, 2.75) is 41.2 Å². The molecule has 0 unspecified atom stereocenters. The summed E-state index contributed by atoms with van der Waals surface area (Å²) < 4.78 is 39.1. The normalized spacial score (nSPS) is 14.3. The largest absolute Gasteiger partial charge is 0.493 e. The SMILES string of the molecule is COc1c(N2CCCOC2=O)cc2c(c1C#N)CN(C(=O)c1c(Sc3c(Cl)ccc(CN=[N+]=[N-])c3Cl)cc(C(F)(F)Cl)[nH]c1=O)C2. The highest BCUT2D eigenvalue weighted by Crippen LogP contribution is 2.44. The van der Waals surface area contributed by atoms with E-state index < -0.39 is 34.2 Å². The Hall–Kier alpha value is -4.19. The number of nitriles is 1. The minimum absolute atomic E-state index is 0.0193. The fourth-order valence-electron chi connectivity index (χ4n) is 5.09. The van der Waals surface area contributed by atoms with Gasteiger partial charge in [-0.05, 0) is 58.4 Å². The van der Waals surface area contributed by atoms with Crippen molar-refractivity contribution < 1.29 is 27.8 Å². The number of carbonyl (C=O) groups is 2. The average Bonchev–Trinajstić information content (AvgIpc) is 3.45. The number of hydrogen-bond acceptors (Lipinski definition) is 8. The molecule has 1 fully saturated rings. The third kappa shape index (κ3) is 6.27. The number of H-pyrrole nitrogens is 1. The number of halogens is 5. The number of pyridine rings is 1. The number of nitrogens with zero attached hydrogens (tertiary/aromatic N) is 6. The van der Waals surface area contributed by atoms with Crippen molar-refractivity contribution in [3.63, 3.8) is 0 Å². The molecule has 1 N–H and O–H groups in total. The van der Waals surface area contributed by atoms with Gasteiger partial charge < -0.3 is 19.4 Å². The molecule has 3 heterocycles. The maximum absolute atomic E-state index is 14.2. The van der Waals surface area contributed by atoms with E-state index in [0.717, 1.165) is 6.07 Å². The van der Waals surface area contributed by atoms with E-state index in [-0.39, 0.29) is 63.1 Å². The average molecular weight is 711 g/mol. The molecule has 238 valence electrons. The fraction of sp³-hybridized carbons (Fsp3) is 0.286. The fourth-order valence-corrected chi connectivity index (χ4v) is 6.92. The molecule has 1 saturated heterocycles. The van der Waals surface area contributed by atoms with Gasteiger partial charge in [-0.1, -0.05) is 46.1 Å². The van der Waals surface area contributed by atoms with Gasteiger partial charge in [-0.2, -0.15) is 14.0 Å². The lowest BCUT2D eigenvalue weighted by atomic mass is 10.0. The van der Waals surface area contributed by atoms with Crippen LogP contribution in [0.15, 0.2) is 44.0 Å². The van der Waals surface area contributed by atoms with Gasteiger partial charge in [0.1, 0.15) is 22.9 Å². The first-order valence-electron chi connectivity index (χ1n) is 13.3. The molecule has 46 heavy (non-hydrogen) atoms. The second-order valence-electron chi connectivity index (χ2n) is 9.92. The van der Waals surface area contributed by atoms with E-state index >= 15 is 0 Å². The van der Waals surface area contributed by atoms with Gasteiger partial charge in [0.25, 0.3) is 11.5 Å². The van der Waals surface area contributed by atoms with E-state index in [4.69, 9.17) is 49.8 Å². The second kappa shape index (κ2) is 13.3. The number of nitrogens with one attached hydrogen (secondary N) is 1. The molecule has 12 nitrogen and oxygen atoms in total. The Morgan fingerprint density at radius 1 is 1.30 bits per heavy atom. The number of aromatic nitrogens is 1. The first-order valence-corrected chi connectivity index (χ1v) is 15.2. The number of carbonyl (C=O) groups excluding carboxylic acids is 2. The minimum Gasteiger partial charge on any atom is -0.493 e. The number of benzene rings is 2. The lowest BCUT2D eigenvalue weighted by Gasteiger charge is -2.28. The molecule has 5 rings (SSSR count). The second-order valence-corrected chi connectivity index (χ2v) is 12.2. The van der Waals surface area contributed by atoms with Gasteiger partial charge in [0.2, 0.25) is 0 Å². The molecular weight excluding hydrogens is 691 g/mol. The number of methoxy groups -OCH3 is 1. The maximum atomic E-state index is 14.2. The van der Waals surface area contributed by atoms with E-state index in [1.54, 1.807) is 6.07 Å².